The highest BCUT2D eigenvalue weighted by Crippen LogP contribution is 2.41. The van der Waals surface area contributed by atoms with Crippen LogP contribution in [0.3, 0.4) is 0 Å². The molecule has 1 aromatic heterocycles. The first-order valence-corrected chi connectivity index (χ1v) is 9.65. The van der Waals surface area contributed by atoms with E-state index in [1.165, 1.54) is 6.07 Å². The summed E-state index contributed by atoms with van der Waals surface area (Å²) in [6, 6.07) is 16.2. The maximum Gasteiger partial charge on any atom is 0.280 e. The first-order chi connectivity index (χ1) is 13.6. The van der Waals surface area contributed by atoms with Crippen LogP contribution in [0.4, 0.5) is 4.39 Å². The number of halogens is 1. The molecule has 2 aromatic carbocycles. The highest BCUT2D eigenvalue weighted by atomic mass is 19.1. The summed E-state index contributed by atoms with van der Waals surface area (Å²) < 4.78 is 15.3. The van der Waals surface area contributed by atoms with Gasteiger partial charge < -0.3 is 0 Å². The molecule has 0 aliphatic carbocycles. The lowest BCUT2D eigenvalue weighted by atomic mass is 9.85. The summed E-state index contributed by atoms with van der Waals surface area (Å²) in [5, 5.41) is 8.82. The van der Waals surface area contributed by atoms with Crippen LogP contribution in [0, 0.1) is 5.82 Å². The summed E-state index contributed by atoms with van der Waals surface area (Å²) >= 11 is 0. The Balaban J connectivity index is 1.42. The summed E-state index contributed by atoms with van der Waals surface area (Å²) in [4.78, 5) is 15.3. The Hall–Kier alpha value is -2.86. The van der Waals surface area contributed by atoms with E-state index in [0.717, 1.165) is 42.9 Å². The van der Waals surface area contributed by atoms with Crippen LogP contribution in [0.2, 0.25) is 0 Å². The largest absolute Gasteiger partial charge is 0.298 e. The Labute approximate surface area is 162 Å². The van der Waals surface area contributed by atoms with Crippen LogP contribution < -0.4 is 5.56 Å². The van der Waals surface area contributed by atoms with Crippen molar-refractivity contribution in [1.29, 1.82) is 0 Å². The summed E-state index contributed by atoms with van der Waals surface area (Å²) in [5.41, 5.74) is 2.00. The number of likely N-dealkylation sites (tertiary alicyclic amines) is 1. The first-order valence-electron chi connectivity index (χ1n) is 9.65. The van der Waals surface area contributed by atoms with Gasteiger partial charge >= 0.3 is 0 Å². The minimum Gasteiger partial charge on any atom is -0.298 e. The van der Waals surface area contributed by atoms with Crippen LogP contribution in [-0.4, -0.2) is 32.8 Å². The molecule has 1 fully saturated rings. The van der Waals surface area contributed by atoms with Gasteiger partial charge in [-0.1, -0.05) is 42.5 Å². The monoisotopic (exact) mass is 376 g/mol. The molecule has 28 heavy (non-hydrogen) atoms. The van der Waals surface area contributed by atoms with Gasteiger partial charge in [0.2, 0.25) is 0 Å². The molecule has 0 bridgehead atoms. The summed E-state index contributed by atoms with van der Waals surface area (Å²) in [5.74, 6) is 0.599. The molecule has 0 amide bonds. The Morgan fingerprint density at radius 3 is 2.64 bits per heavy atom. The zero-order chi connectivity index (χ0) is 19.1. The molecule has 0 N–H and O–H groups in total. The molecule has 0 saturated carbocycles. The Morgan fingerprint density at radius 2 is 1.82 bits per heavy atom. The van der Waals surface area contributed by atoms with Crippen LogP contribution >= 0.6 is 0 Å². The molecule has 142 valence electrons. The third-order valence-electron chi connectivity index (χ3n) is 6.01. The van der Waals surface area contributed by atoms with Crippen molar-refractivity contribution in [2.45, 2.75) is 31.3 Å². The van der Waals surface area contributed by atoms with Crippen LogP contribution in [0.5, 0.6) is 0 Å². The fourth-order valence-electron chi connectivity index (χ4n) is 4.61. The topological polar surface area (TPSA) is 51.0 Å². The predicted molar refractivity (Wildman–Crippen MR) is 104 cm³/mol. The van der Waals surface area contributed by atoms with Gasteiger partial charge in [0.1, 0.15) is 11.6 Å². The molecular formula is C22H21FN4O. The fourth-order valence-corrected chi connectivity index (χ4v) is 4.61. The molecule has 0 radical (unpaired) electrons. The average Bonchev–Trinajstić information content (AvgIpc) is 3.28. The molecule has 0 unspecified atom stereocenters. The second-order valence-electron chi connectivity index (χ2n) is 7.82. The molecule has 3 aromatic rings. The fraction of sp³-hybridized carbons (Fsp3) is 0.318. The van der Waals surface area contributed by atoms with Gasteiger partial charge in [0.05, 0.1) is 0 Å². The lowest BCUT2D eigenvalue weighted by molar-refractivity contribution is 0.299. The number of hydrogen-bond donors (Lipinski definition) is 0. The third kappa shape index (κ3) is 2.85. The van der Waals surface area contributed by atoms with E-state index in [4.69, 9.17) is 0 Å². The number of rotatable bonds is 3. The van der Waals surface area contributed by atoms with E-state index >= 15 is 0 Å². The maximum absolute atomic E-state index is 13.5. The highest BCUT2D eigenvalue weighted by molar-refractivity contribution is 5.57. The van der Waals surface area contributed by atoms with E-state index in [1.54, 1.807) is 16.7 Å². The molecule has 1 saturated heterocycles. The van der Waals surface area contributed by atoms with Crippen molar-refractivity contribution in [2.24, 2.45) is 0 Å². The number of aromatic nitrogens is 3. The van der Waals surface area contributed by atoms with E-state index < -0.39 is 0 Å². The number of benzene rings is 2. The van der Waals surface area contributed by atoms with E-state index in [1.807, 2.05) is 36.4 Å². The highest BCUT2D eigenvalue weighted by Gasteiger charge is 2.46. The summed E-state index contributed by atoms with van der Waals surface area (Å²) in [7, 11) is 0. The van der Waals surface area contributed by atoms with Crippen molar-refractivity contribution in [3.05, 3.63) is 82.2 Å². The third-order valence-corrected chi connectivity index (χ3v) is 6.01. The zero-order valence-corrected chi connectivity index (χ0v) is 15.5. The van der Waals surface area contributed by atoms with Gasteiger partial charge in [-0.15, -0.1) is 10.2 Å². The van der Waals surface area contributed by atoms with Crippen molar-refractivity contribution in [3.63, 3.8) is 0 Å². The number of hydrogen-bond acceptors (Lipinski definition) is 4. The van der Waals surface area contributed by atoms with Gasteiger partial charge in [0.15, 0.2) is 5.69 Å². The quantitative estimate of drug-likeness (QED) is 0.705. The van der Waals surface area contributed by atoms with Crippen LogP contribution in [0.1, 0.15) is 24.2 Å². The van der Waals surface area contributed by atoms with E-state index in [0.29, 0.717) is 18.8 Å². The SMILES string of the molecule is O=c1c(-c2ccccc2)nnc2n1CC[C@]21CCN(Cc2cccc(F)c2)C1. The molecule has 5 rings (SSSR count). The molecule has 1 atom stereocenters. The van der Waals surface area contributed by atoms with Crippen LogP contribution in [0.15, 0.2) is 59.4 Å². The van der Waals surface area contributed by atoms with Gasteiger partial charge in [-0.2, -0.15) is 0 Å². The van der Waals surface area contributed by atoms with Crippen molar-refractivity contribution >= 4 is 0 Å². The second kappa shape index (κ2) is 6.63. The Morgan fingerprint density at radius 1 is 1.00 bits per heavy atom. The number of fused-ring (bicyclic) bond motifs is 2. The lowest BCUT2D eigenvalue weighted by Crippen LogP contribution is -2.33. The van der Waals surface area contributed by atoms with Gasteiger partial charge in [0.25, 0.3) is 5.56 Å². The molecule has 2 aliphatic heterocycles. The van der Waals surface area contributed by atoms with Crippen LogP contribution in [-0.2, 0) is 18.5 Å². The van der Waals surface area contributed by atoms with Gasteiger partial charge in [-0.25, -0.2) is 4.39 Å². The average molecular weight is 376 g/mol. The molecule has 3 heterocycles. The molecule has 6 heteroatoms. The Kier molecular flexibility index (Phi) is 4.09. The normalized spacial score (nSPS) is 21.3. The molecular weight excluding hydrogens is 355 g/mol. The van der Waals surface area contributed by atoms with Gasteiger partial charge in [-0.3, -0.25) is 14.3 Å². The summed E-state index contributed by atoms with van der Waals surface area (Å²) in [6.07, 6.45) is 1.84. The second-order valence-corrected chi connectivity index (χ2v) is 7.82. The standard InChI is InChI=1S/C22H21FN4O/c23-18-8-4-5-16(13-18)14-26-11-9-22(15-26)10-12-27-20(28)19(24-25-21(22)27)17-6-2-1-3-7-17/h1-8,13H,9-12,14-15H2/t22-/m0/s1. The summed E-state index contributed by atoms with van der Waals surface area (Å²) in [6.45, 7) is 3.12. The first kappa shape index (κ1) is 17.3. The minimum atomic E-state index is -0.205. The smallest absolute Gasteiger partial charge is 0.280 e. The van der Waals surface area contributed by atoms with E-state index in [-0.39, 0.29) is 16.8 Å². The van der Waals surface area contributed by atoms with E-state index in [2.05, 4.69) is 15.1 Å². The molecule has 5 nitrogen and oxygen atoms in total. The van der Waals surface area contributed by atoms with Crippen molar-refractivity contribution in [3.8, 4) is 11.3 Å². The van der Waals surface area contributed by atoms with Gasteiger partial charge in [-0.05, 0) is 37.1 Å². The van der Waals surface area contributed by atoms with Crippen molar-refractivity contribution < 1.29 is 4.39 Å². The van der Waals surface area contributed by atoms with Gasteiger partial charge in [0, 0.05) is 30.6 Å². The van der Waals surface area contributed by atoms with Crippen molar-refractivity contribution in [2.75, 3.05) is 13.1 Å². The van der Waals surface area contributed by atoms with Crippen LogP contribution in [0.25, 0.3) is 11.3 Å². The molecule has 1 spiro atoms. The predicted octanol–water partition coefficient (Wildman–Crippen LogP) is 2.99. The van der Waals surface area contributed by atoms with E-state index in [9.17, 15) is 9.18 Å². The molecule has 2 aliphatic rings. The Bertz CT molecular complexity index is 1080. The lowest BCUT2D eigenvalue weighted by Gasteiger charge is -2.23. The number of nitrogens with zero attached hydrogens (tertiary/aromatic N) is 4. The van der Waals surface area contributed by atoms with Crippen molar-refractivity contribution in [1.82, 2.24) is 19.7 Å². The maximum atomic E-state index is 13.5. The minimum absolute atomic E-state index is 0.0587. The zero-order valence-electron chi connectivity index (χ0n) is 15.5.